The van der Waals surface area contributed by atoms with E-state index in [1.807, 2.05) is 13.1 Å². The molecule has 0 radical (unpaired) electrons. The highest BCUT2D eigenvalue weighted by Gasteiger charge is 2.37. The Bertz CT molecular complexity index is 1190. The Kier molecular flexibility index (Phi) is 6.30. The van der Waals surface area contributed by atoms with E-state index in [2.05, 4.69) is 20.8 Å². The number of likely N-dealkylation sites (tertiary alicyclic amines) is 1. The monoisotopic (exact) mass is 507 g/mol. The highest BCUT2D eigenvalue weighted by atomic mass is 79.9. The van der Waals surface area contributed by atoms with E-state index in [9.17, 15) is 9.90 Å². The number of ether oxygens (including phenoxy) is 2. The first-order chi connectivity index (χ1) is 14.9. The van der Waals surface area contributed by atoms with Crippen molar-refractivity contribution in [3.05, 3.63) is 55.6 Å². The maximum atomic E-state index is 13.2. The van der Waals surface area contributed by atoms with E-state index in [0.29, 0.717) is 38.8 Å². The SMILES string of the molecule is COc1cc(OC)c2c(=O)cc(-c3cc(Cl)ccc3Br)oc2c1C1CCN(C)C1CO. The van der Waals surface area contributed by atoms with Crippen LogP contribution >= 0.6 is 27.5 Å². The van der Waals surface area contributed by atoms with Gasteiger partial charge in [0, 0.05) is 44.7 Å². The Balaban J connectivity index is 2.07. The molecule has 2 unspecified atom stereocenters. The number of fused-ring (bicyclic) bond motifs is 1. The van der Waals surface area contributed by atoms with Crippen LogP contribution in [0.4, 0.5) is 0 Å². The second-order valence-corrected chi connectivity index (χ2v) is 8.91. The summed E-state index contributed by atoms with van der Waals surface area (Å²) in [5, 5.41) is 10.9. The van der Waals surface area contributed by atoms with Crippen molar-refractivity contribution in [1.29, 1.82) is 0 Å². The van der Waals surface area contributed by atoms with E-state index in [-0.39, 0.29) is 24.0 Å². The maximum Gasteiger partial charge on any atom is 0.197 e. The molecule has 3 aromatic rings. The average Bonchev–Trinajstić information content (AvgIpc) is 3.13. The quantitative estimate of drug-likeness (QED) is 0.540. The van der Waals surface area contributed by atoms with Crippen molar-refractivity contribution >= 4 is 38.5 Å². The fourth-order valence-corrected chi connectivity index (χ4v) is 5.02. The molecule has 0 bridgehead atoms. The Hall–Kier alpha value is -2.06. The van der Waals surface area contributed by atoms with Gasteiger partial charge in [0.05, 0.1) is 20.8 Å². The predicted octanol–water partition coefficient (Wildman–Crippen LogP) is 4.67. The summed E-state index contributed by atoms with van der Waals surface area (Å²) in [5.74, 6) is 1.26. The molecule has 1 N–H and O–H groups in total. The second-order valence-electron chi connectivity index (χ2n) is 7.62. The number of halogens is 2. The number of methoxy groups -OCH3 is 2. The fourth-order valence-electron chi connectivity index (χ4n) is 4.41. The fraction of sp³-hybridized carbons (Fsp3) is 0.348. The van der Waals surface area contributed by atoms with Crippen molar-refractivity contribution in [2.75, 3.05) is 34.4 Å². The summed E-state index contributed by atoms with van der Waals surface area (Å²) in [4.78, 5) is 15.3. The van der Waals surface area contributed by atoms with E-state index in [0.717, 1.165) is 23.0 Å². The molecule has 8 heteroatoms. The zero-order chi connectivity index (χ0) is 22.3. The third-order valence-corrected chi connectivity index (χ3v) is 6.91. The lowest BCUT2D eigenvalue weighted by Crippen LogP contribution is -2.32. The molecule has 1 aliphatic heterocycles. The Morgan fingerprint density at radius 2 is 1.97 bits per heavy atom. The lowest BCUT2D eigenvalue weighted by molar-refractivity contribution is 0.171. The minimum Gasteiger partial charge on any atom is -0.496 e. The molecule has 0 spiro atoms. The number of hydrogen-bond donors (Lipinski definition) is 1. The largest absolute Gasteiger partial charge is 0.496 e. The van der Waals surface area contributed by atoms with Gasteiger partial charge in [-0.3, -0.25) is 4.79 Å². The smallest absolute Gasteiger partial charge is 0.197 e. The molecule has 1 fully saturated rings. The normalized spacial score (nSPS) is 19.2. The van der Waals surface area contributed by atoms with Crippen LogP contribution in [0.5, 0.6) is 11.5 Å². The standard InChI is InChI=1S/C23H23BrClNO5/c1-26-7-6-13(16(26)11-27)21-19(29-2)10-20(30-3)22-17(28)9-18(31-23(21)22)14-8-12(25)4-5-15(14)24/h4-5,8-10,13,16,27H,6-7,11H2,1-3H3. The molecular formula is C23H23BrClNO5. The first-order valence-electron chi connectivity index (χ1n) is 9.88. The lowest BCUT2D eigenvalue weighted by Gasteiger charge is -2.25. The summed E-state index contributed by atoms with van der Waals surface area (Å²) in [6.07, 6.45) is 0.800. The Labute approximate surface area is 193 Å². The highest BCUT2D eigenvalue weighted by Crippen LogP contribution is 2.45. The molecule has 1 saturated heterocycles. The van der Waals surface area contributed by atoms with Gasteiger partial charge < -0.3 is 23.9 Å². The van der Waals surface area contributed by atoms with Gasteiger partial charge in [-0.2, -0.15) is 0 Å². The molecule has 1 aromatic heterocycles. The molecule has 0 aliphatic carbocycles. The average molecular weight is 509 g/mol. The minimum atomic E-state index is -0.226. The van der Waals surface area contributed by atoms with Crippen LogP contribution in [0.25, 0.3) is 22.3 Å². The van der Waals surface area contributed by atoms with Crippen molar-refractivity contribution in [3.8, 4) is 22.8 Å². The van der Waals surface area contributed by atoms with Crippen molar-refractivity contribution in [2.24, 2.45) is 0 Å². The van der Waals surface area contributed by atoms with Gasteiger partial charge in [-0.25, -0.2) is 0 Å². The summed E-state index contributed by atoms with van der Waals surface area (Å²) in [5.41, 5.74) is 1.61. The number of aliphatic hydroxyl groups is 1. The van der Waals surface area contributed by atoms with Gasteiger partial charge >= 0.3 is 0 Å². The first kappa shape index (κ1) is 22.1. The van der Waals surface area contributed by atoms with Crippen LogP contribution in [-0.4, -0.2) is 50.5 Å². The first-order valence-corrected chi connectivity index (χ1v) is 11.1. The summed E-state index contributed by atoms with van der Waals surface area (Å²) in [6, 6.07) is 8.36. The van der Waals surface area contributed by atoms with Gasteiger partial charge in [0.25, 0.3) is 0 Å². The van der Waals surface area contributed by atoms with E-state index >= 15 is 0 Å². The Morgan fingerprint density at radius 1 is 1.23 bits per heavy atom. The van der Waals surface area contributed by atoms with Gasteiger partial charge in [0.1, 0.15) is 28.2 Å². The zero-order valence-electron chi connectivity index (χ0n) is 17.4. The van der Waals surface area contributed by atoms with Crippen LogP contribution in [0.1, 0.15) is 17.9 Å². The summed E-state index contributed by atoms with van der Waals surface area (Å²) in [7, 11) is 5.06. The van der Waals surface area contributed by atoms with Crippen molar-refractivity contribution in [3.63, 3.8) is 0 Å². The molecule has 0 amide bonds. The van der Waals surface area contributed by atoms with Crippen molar-refractivity contribution in [1.82, 2.24) is 4.90 Å². The third-order valence-electron chi connectivity index (χ3n) is 5.98. The van der Waals surface area contributed by atoms with E-state index in [1.54, 1.807) is 25.3 Å². The molecule has 2 heterocycles. The zero-order valence-corrected chi connectivity index (χ0v) is 19.8. The molecule has 164 valence electrons. The molecule has 0 saturated carbocycles. The number of hydrogen-bond acceptors (Lipinski definition) is 6. The van der Waals surface area contributed by atoms with Crippen LogP contribution in [0, 0.1) is 0 Å². The van der Waals surface area contributed by atoms with Crippen LogP contribution < -0.4 is 14.9 Å². The van der Waals surface area contributed by atoms with Gasteiger partial charge in [-0.05, 0) is 38.2 Å². The van der Waals surface area contributed by atoms with Gasteiger partial charge in [0.15, 0.2) is 5.43 Å². The molecule has 6 nitrogen and oxygen atoms in total. The molecular weight excluding hydrogens is 486 g/mol. The Morgan fingerprint density at radius 3 is 2.65 bits per heavy atom. The highest BCUT2D eigenvalue weighted by molar-refractivity contribution is 9.10. The van der Waals surface area contributed by atoms with Gasteiger partial charge in [0.2, 0.25) is 0 Å². The summed E-state index contributed by atoms with van der Waals surface area (Å²) >= 11 is 9.71. The number of rotatable bonds is 5. The molecule has 31 heavy (non-hydrogen) atoms. The number of aliphatic hydroxyl groups excluding tert-OH is 1. The van der Waals surface area contributed by atoms with E-state index in [4.69, 9.17) is 25.5 Å². The van der Waals surface area contributed by atoms with Crippen LogP contribution in [0.15, 0.2) is 44.0 Å². The number of nitrogens with zero attached hydrogens (tertiary/aromatic N) is 1. The second kappa shape index (κ2) is 8.82. The third kappa shape index (κ3) is 3.84. The van der Waals surface area contributed by atoms with E-state index in [1.165, 1.54) is 13.2 Å². The lowest BCUT2D eigenvalue weighted by atomic mass is 9.89. The van der Waals surface area contributed by atoms with Crippen molar-refractivity contribution < 1.29 is 19.0 Å². The van der Waals surface area contributed by atoms with Gasteiger partial charge in [-0.15, -0.1) is 0 Å². The van der Waals surface area contributed by atoms with Crippen molar-refractivity contribution in [2.45, 2.75) is 18.4 Å². The number of likely N-dealkylation sites (N-methyl/N-ethyl adjacent to an activating group) is 1. The summed E-state index contributed by atoms with van der Waals surface area (Å²) in [6.45, 7) is 0.804. The van der Waals surface area contributed by atoms with Crippen LogP contribution in [0.2, 0.25) is 5.02 Å². The number of benzene rings is 2. The summed E-state index contributed by atoms with van der Waals surface area (Å²) < 4.78 is 18.3. The molecule has 2 atom stereocenters. The predicted molar refractivity (Wildman–Crippen MR) is 125 cm³/mol. The molecule has 2 aromatic carbocycles. The topological polar surface area (TPSA) is 72.1 Å². The van der Waals surface area contributed by atoms with Crippen LogP contribution in [-0.2, 0) is 0 Å². The van der Waals surface area contributed by atoms with Gasteiger partial charge in [-0.1, -0.05) is 27.5 Å². The van der Waals surface area contributed by atoms with E-state index < -0.39 is 0 Å². The minimum absolute atomic E-state index is 0.0123. The van der Waals surface area contributed by atoms with Crippen LogP contribution in [0.3, 0.4) is 0 Å². The maximum absolute atomic E-state index is 13.2. The molecule has 1 aliphatic rings. The molecule has 4 rings (SSSR count).